The summed E-state index contributed by atoms with van der Waals surface area (Å²) in [5.41, 5.74) is 1.89. The van der Waals surface area contributed by atoms with Gasteiger partial charge in [0.15, 0.2) is 5.82 Å². The zero-order chi connectivity index (χ0) is 18.8. The van der Waals surface area contributed by atoms with Crippen molar-refractivity contribution in [1.29, 1.82) is 0 Å². The molecule has 1 aliphatic carbocycles. The van der Waals surface area contributed by atoms with Crippen molar-refractivity contribution >= 4 is 0 Å². The fourth-order valence-electron chi connectivity index (χ4n) is 5.28. The van der Waals surface area contributed by atoms with Gasteiger partial charge in [0.05, 0.1) is 5.41 Å². The molecule has 1 N–H and O–H groups in total. The minimum absolute atomic E-state index is 0.435. The molecule has 28 heavy (non-hydrogen) atoms. The Hall–Kier alpha value is -2.60. The SMILES string of the molecule is c1ccc(C(CCN2CC3CCC2CC3)(c2cccnc2)c2nnn[nH]2)cc1. The molecule has 2 bridgehead atoms. The summed E-state index contributed by atoms with van der Waals surface area (Å²) in [4.78, 5) is 7.13. The Morgan fingerprint density at radius 1 is 1.00 bits per heavy atom. The van der Waals surface area contributed by atoms with Crippen LogP contribution in [0.4, 0.5) is 0 Å². The molecule has 2 saturated heterocycles. The second kappa shape index (κ2) is 7.43. The Morgan fingerprint density at radius 2 is 1.82 bits per heavy atom. The number of aromatic nitrogens is 5. The van der Waals surface area contributed by atoms with Crippen molar-refractivity contribution in [2.75, 3.05) is 13.1 Å². The first-order valence-corrected chi connectivity index (χ1v) is 10.3. The number of pyridine rings is 1. The summed E-state index contributed by atoms with van der Waals surface area (Å²) in [6.07, 6.45) is 10.2. The summed E-state index contributed by atoms with van der Waals surface area (Å²) in [6, 6.07) is 15.5. The van der Waals surface area contributed by atoms with E-state index < -0.39 is 5.41 Å². The first-order chi connectivity index (χ1) is 13.9. The summed E-state index contributed by atoms with van der Waals surface area (Å²) in [5.74, 6) is 1.66. The van der Waals surface area contributed by atoms with Crippen LogP contribution in [0.1, 0.15) is 49.1 Å². The maximum absolute atomic E-state index is 4.42. The number of nitrogens with zero attached hydrogens (tertiary/aromatic N) is 5. The van der Waals surface area contributed by atoms with Crippen LogP contribution < -0.4 is 0 Å². The molecule has 0 spiro atoms. The van der Waals surface area contributed by atoms with Gasteiger partial charge in [0, 0.05) is 31.5 Å². The second-order valence-corrected chi connectivity index (χ2v) is 8.18. The lowest BCUT2D eigenvalue weighted by atomic mass is 9.71. The zero-order valence-corrected chi connectivity index (χ0v) is 16.0. The van der Waals surface area contributed by atoms with Gasteiger partial charge >= 0.3 is 0 Å². The second-order valence-electron chi connectivity index (χ2n) is 8.18. The number of hydrogen-bond acceptors (Lipinski definition) is 5. The van der Waals surface area contributed by atoms with Crippen LogP contribution >= 0.6 is 0 Å². The number of tetrazole rings is 1. The maximum atomic E-state index is 4.42. The van der Waals surface area contributed by atoms with E-state index in [0.29, 0.717) is 0 Å². The number of piperidine rings is 2. The van der Waals surface area contributed by atoms with Crippen molar-refractivity contribution in [2.45, 2.75) is 43.6 Å². The van der Waals surface area contributed by atoms with Crippen LogP contribution in [0.2, 0.25) is 0 Å². The van der Waals surface area contributed by atoms with Crippen molar-refractivity contribution in [3.63, 3.8) is 0 Å². The van der Waals surface area contributed by atoms with Crippen LogP contribution in [0.25, 0.3) is 0 Å². The van der Waals surface area contributed by atoms with E-state index in [1.54, 1.807) is 0 Å². The lowest BCUT2D eigenvalue weighted by Crippen LogP contribution is -2.49. The smallest absolute Gasteiger partial charge is 0.163 e. The molecule has 3 aliphatic rings. The van der Waals surface area contributed by atoms with Crippen LogP contribution in [-0.2, 0) is 5.41 Å². The Balaban J connectivity index is 1.56. The third-order valence-corrected chi connectivity index (χ3v) is 6.77. The molecule has 3 fully saturated rings. The summed E-state index contributed by atoms with van der Waals surface area (Å²) in [5, 5.41) is 15.3. The fourth-order valence-corrected chi connectivity index (χ4v) is 5.28. The Kier molecular flexibility index (Phi) is 4.64. The number of rotatable bonds is 6. The van der Waals surface area contributed by atoms with Gasteiger partial charge in [0.25, 0.3) is 0 Å². The van der Waals surface area contributed by atoms with Crippen LogP contribution in [-0.4, -0.2) is 49.6 Å². The molecular weight excluding hydrogens is 348 g/mol. The van der Waals surface area contributed by atoms with Gasteiger partial charge in [-0.1, -0.05) is 36.4 Å². The van der Waals surface area contributed by atoms with E-state index >= 15 is 0 Å². The van der Waals surface area contributed by atoms with E-state index in [2.05, 4.69) is 66.9 Å². The molecule has 2 aromatic heterocycles. The summed E-state index contributed by atoms with van der Waals surface area (Å²) >= 11 is 0. The molecule has 1 unspecified atom stereocenters. The molecule has 2 aliphatic heterocycles. The van der Waals surface area contributed by atoms with Crippen molar-refractivity contribution in [3.8, 4) is 0 Å². The van der Waals surface area contributed by atoms with Crippen LogP contribution in [0.3, 0.4) is 0 Å². The predicted octanol–water partition coefficient (Wildman–Crippen LogP) is 3.19. The molecule has 1 aromatic carbocycles. The first-order valence-electron chi connectivity index (χ1n) is 10.3. The topological polar surface area (TPSA) is 70.6 Å². The van der Waals surface area contributed by atoms with Gasteiger partial charge in [0.2, 0.25) is 0 Å². The van der Waals surface area contributed by atoms with Crippen LogP contribution in [0.15, 0.2) is 54.9 Å². The molecule has 0 radical (unpaired) electrons. The molecule has 4 heterocycles. The summed E-state index contributed by atoms with van der Waals surface area (Å²) in [7, 11) is 0. The average Bonchev–Trinajstić information content (AvgIpc) is 3.32. The number of H-pyrrole nitrogens is 1. The molecule has 1 atom stereocenters. The van der Waals surface area contributed by atoms with Crippen LogP contribution in [0.5, 0.6) is 0 Å². The zero-order valence-electron chi connectivity index (χ0n) is 16.0. The lowest BCUT2D eigenvalue weighted by Gasteiger charge is -2.46. The molecule has 6 rings (SSSR count). The Bertz CT molecular complexity index is 832. The highest BCUT2D eigenvalue weighted by molar-refractivity contribution is 5.44. The largest absolute Gasteiger partial charge is 0.300 e. The molecule has 144 valence electrons. The normalized spacial score (nSPS) is 24.1. The number of aromatic amines is 1. The van der Waals surface area contributed by atoms with E-state index in [-0.39, 0.29) is 0 Å². The quantitative estimate of drug-likeness (QED) is 0.717. The fraction of sp³-hybridized carbons (Fsp3) is 0.455. The van der Waals surface area contributed by atoms with Gasteiger partial charge in [-0.2, -0.15) is 0 Å². The summed E-state index contributed by atoms with van der Waals surface area (Å²) in [6.45, 7) is 2.27. The number of nitrogens with one attached hydrogen (secondary N) is 1. The van der Waals surface area contributed by atoms with Gasteiger partial charge in [-0.3, -0.25) is 4.98 Å². The maximum Gasteiger partial charge on any atom is 0.163 e. The Morgan fingerprint density at radius 3 is 2.46 bits per heavy atom. The van der Waals surface area contributed by atoms with E-state index in [1.807, 2.05) is 18.5 Å². The number of benzene rings is 1. The van der Waals surface area contributed by atoms with Gasteiger partial charge in [0.1, 0.15) is 0 Å². The molecule has 1 saturated carbocycles. The molecular formula is C22H26N6. The van der Waals surface area contributed by atoms with Crippen molar-refractivity contribution in [3.05, 3.63) is 71.8 Å². The van der Waals surface area contributed by atoms with Crippen molar-refractivity contribution < 1.29 is 0 Å². The third kappa shape index (κ3) is 3.02. The third-order valence-electron chi connectivity index (χ3n) is 6.77. The van der Waals surface area contributed by atoms with E-state index in [1.165, 1.54) is 37.8 Å². The highest BCUT2D eigenvalue weighted by atomic mass is 15.5. The average molecular weight is 374 g/mol. The van der Waals surface area contributed by atoms with E-state index in [0.717, 1.165) is 36.3 Å². The van der Waals surface area contributed by atoms with Gasteiger partial charge in [-0.05, 0) is 65.6 Å². The Labute approximate surface area is 165 Å². The monoisotopic (exact) mass is 374 g/mol. The van der Waals surface area contributed by atoms with Crippen LogP contribution in [0, 0.1) is 5.92 Å². The number of fused-ring (bicyclic) bond motifs is 3. The number of hydrogen-bond donors (Lipinski definition) is 1. The predicted molar refractivity (Wildman–Crippen MR) is 107 cm³/mol. The van der Waals surface area contributed by atoms with Gasteiger partial charge in [-0.25, -0.2) is 5.10 Å². The lowest BCUT2D eigenvalue weighted by molar-refractivity contribution is 0.0451. The molecule has 3 aromatic rings. The van der Waals surface area contributed by atoms with Gasteiger partial charge in [-0.15, -0.1) is 5.10 Å². The molecule has 6 heteroatoms. The minimum Gasteiger partial charge on any atom is -0.300 e. The highest BCUT2D eigenvalue weighted by Gasteiger charge is 2.42. The first kappa shape index (κ1) is 17.5. The van der Waals surface area contributed by atoms with Crippen molar-refractivity contribution in [1.82, 2.24) is 30.5 Å². The summed E-state index contributed by atoms with van der Waals surface area (Å²) < 4.78 is 0. The van der Waals surface area contributed by atoms with E-state index in [4.69, 9.17) is 0 Å². The minimum atomic E-state index is -0.435. The molecule has 0 amide bonds. The standard InChI is InChI=1S/C22H26N6/c1-2-5-18(6-3-1)22(21-24-26-27-25-21,19-7-4-13-23-15-19)12-14-28-16-17-8-10-20(28)11-9-17/h1-7,13,15,17,20H,8-12,14,16H2,(H,24,25,26,27). The van der Waals surface area contributed by atoms with Gasteiger partial charge < -0.3 is 4.90 Å². The molecule has 6 nitrogen and oxygen atoms in total. The van der Waals surface area contributed by atoms with E-state index in [9.17, 15) is 0 Å². The highest BCUT2D eigenvalue weighted by Crippen LogP contribution is 2.42. The van der Waals surface area contributed by atoms with Crippen molar-refractivity contribution in [2.24, 2.45) is 5.92 Å².